The van der Waals surface area contributed by atoms with E-state index in [1.54, 1.807) is 6.07 Å². The SMILES string of the molecule is CC(C)Oc1cccc(C(O)C2(C#N)CCOC2)c1. The molecule has 1 aromatic rings. The van der Waals surface area contributed by atoms with Gasteiger partial charge in [-0.25, -0.2) is 0 Å². The Bertz CT molecular complexity index is 473. The Morgan fingerprint density at radius 1 is 1.47 bits per heavy atom. The second kappa shape index (κ2) is 5.60. The van der Waals surface area contributed by atoms with E-state index in [2.05, 4.69) is 6.07 Å². The fraction of sp³-hybridized carbons (Fsp3) is 0.533. The molecule has 0 aliphatic carbocycles. The topological polar surface area (TPSA) is 62.5 Å². The lowest BCUT2D eigenvalue weighted by atomic mass is 9.79. The zero-order valence-corrected chi connectivity index (χ0v) is 11.3. The normalized spacial score (nSPS) is 24.2. The van der Waals surface area contributed by atoms with E-state index in [4.69, 9.17) is 9.47 Å². The first-order valence-corrected chi connectivity index (χ1v) is 6.51. The van der Waals surface area contributed by atoms with Gasteiger partial charge >= 0.3 is 0 Å². The van der Waals surface area contributed by atoms with Gasteiger partial charge in [-0.15, -0.1) is 0 Å². The van der Waals surface area contributed by atoms with Gasteiger partial charge in [0.25, 0.3) is 0 Å². The van der Waals surface area contributed by atoms with Crippen molar-refractivity contribution in [2.24, 2.45) is 5.41 Å². The maximum Gasteiger partial charge on any atom is 0.120 e. The molecule has 4 heteroatoms. The third-order valence-electron chi connectivity index (χ3n) is 3.34. The Labute approximate surface area is 113 Å². The Morgan fingerprint density at radius 3 is 2.84 bits per heavy atom. The highest BCUT2D eigenvalue weighted by Gasteiger charge is 2.43. The molecule has 0 saturated carbocycles. The summed E-state index contributed by atoms with van der Waals surface area (Å²) in [6, 6.07) is 9.51. The van der Waals surface area contributed by atoms with Gasteiger partial charge in [-0.05, 0) is 38.0 Å². The molecule has 0 spiro atoms. The average molecular weight is 261 g/mol. The summed E-state index contributed by atoms with van der Waals surface area (Å²) in [6.07, 6.45) is -0.220. The zero-order valence-electron chi connectivity index (χ0n) is 11.3. The van der Waals surface area contributed by atoms with Gasteiger partial charge in [-0.1, -0.05) is 12.1 Å². The van der Waals surface area contributed by atoms with E-state index in [-0.39, 0.29) is 12.7 Å². The first kappa shape index (κ1) is 13.9. The van der Waals surface area contributed by atoms with Gasteiger partial charge in [-0.3, -0.25) is 0 Å². The van der Waals surface area contributed by atoms with Crippen LogP contribution in [0.4, 0.5) is 0 Å². The van der Waals surface area contributed by atoms with E-state index in [0.717, 1.165) is 0 Å². The second-order valence-electron chi connectivity index (χ2n) is 5.21. The number of rotatable bonds is 4. The number of nitriles is 1. The highest BCUT2D eigenvalue weighted by atomic mass is 16.5. The fourth-order valence-corrected chi connectivity index (χ4v) is 2.29. The predicted octanol–water partition coefficient (Wildman–Crippen LogP) is 2.44. The summed E-state index contributed by atoms with van der Waals surface area (Å²) < 4.78 is 10.9. The first-order valence-electron chi connectivity index (χ1n) is 6.51. The van der Waals surface area contributed by atoms with E-state index in [0.29, 0.717) is 24.3 Å². The van der Waals surface area contributed by atoms with Crippen molar-refractivity contribution < 1.29 is 14.6 Å². The van der Waals surface area contributed by atoms with Gasteiger partial charge in [0.15, 0.2) is 0 Å². The van der Waals surface area contributed by atoms with Crippen molar-refractivity contribution in [1.82, 2.24) is 0 Å². The van der Waals surface area contributed by atoms with Crippen LogP contribution in [0.15, 0.2) is 24.3 Å². The summed E-state index contributed by atoms with van der Waals surface area (Å²) in [7, 11) is 0. The maximum atomic E-state index is 10.5. The molecule has 4 nitrogen and oxygen atoms in total. The Hall–Kier alpha value is -1.57. The largest absolute Gasteiger partial charge is 0.491 e. The van der Waals surface area contributed by atoms with Crippen LogP contribution in [-0.2, 0) is 4.74 Å². The fourth-order valence-electron chi connectivity index (χ4n) is 2.29. The van der Waals surface area contributed by atoms with E-state index >= 15 is 0 Å². The third-order valence-corrected chi connectivity index (χ3v) is 3.34. The quantitative estimate of drug-likeness (QED) is 0.904. The molecular formula is C15H19NO3. The van der Waals surface area contributed by atoms with Gasteiger partial charge in [0.2, 0.25) is 0 Å². The number of aliphatic hydroxyl groups excluding tert-OH is 1. The number of hydrogen-bond acceptors (Lipinski definition) is 4. The summed E-state index contributed by atoms with van der Waals surface area (Å²) in [6.45, 7) is 4.70. The number of benzene rings is 1. The number of ether oxygens (including phenoxy) is 2. The van der Waals surface area contributed by atoms with Crippen LogP contribution in [0.5, 0.6) is 5.75 Å². The van der Waals surface area contributed by atoms with Gasteiger partial charge in [0.1, 0.15) is 17.3 Å². The molecular weight excluding hydrogens is 242 g/mol. The average Bonchev–Trinajstić information content (AvgIpc) is 2.87. The lowest BCUT2D eigenvalue weighted by molar-refractivity contribution is 0.0501. The van der Waals surface area contributed by atoms with Crippen LogP contribution < -0.4 is 4.74 Å². The lowest BCUT2D eigenvalue weighted by Gasteiger charge is -2.26. The van der Waals surface area contributed by atoms with Gasteiger partial charge in [0.05, 0.1) is 18.8 Å². The molecule has 2 unspecified atom stereocenters. The molecule has 0 aromatic heterocycles. The van der Waals surface area contributed by atoms with Gasteiger partial charge < -0.3 is 14.6 Å². The predicted molar refractivity (Wildman–Crippen MR) is 70.6 cm³/mol. The van der Waals surface area contributed by atoms with Crippen LogP contribution in [0.3, 0.4) is 0 Å². The minimum absolute atomic E-state index is 0.0760. The van der Waals surface area contributed by atoms with Crippen LogP contribution in [0.25, 0.3) is 0 Å². The molecule has 0 radical (unpaired) electrons. The van der Waals surface area contributed by atoms with Gasteiger partial charge in [-0.2, -0.15) is 5.26 Å². The molecule has 1 N–H and O–H groups in total. The number of hydrogen-bond donors (Lipinski definition) is 1. The number of aliphatic hydroxyl groups is 1. The van der Waals surface area contributed by atoms with Crippen LogP contribution in [0, 0.1) is 16.7 Å². The molecule has 2 rings (SSSR count). The molecule has 0 bridgehead atoms. The molecule has 1 saturated heterocycles. The molecule has 1 aliphatic heterocycles. The molecule has 19 heavy (non-hydrogen) atoms. The summed E-state index contributed by atoms with van der Waals surface area (Å²) in [5, 5.41) is 19.8. The Balaban J connectivity index is 2.23. The molecule has 0 amide bonds. The molecule has 1 fully saturated rings. The van der Waals surface area contributed by atoms with Crippen molar-refractivity contribution in [2.45, 2.75) is 32.5 Å². The molecule has 102 valence electrons. The highest BCUT2D eigenvalue weighted by molar-refractivity contribution is 5.32. The van der Waals surface area contributed by atoms with E-state index < -0.39 is 11.5 Å². The standard InChI is InChI=1S/C15H19NO3/c1-11(2)19-13-5-3-4-12(8-13)14(17)15(9-16)6-7-18-10-15/h3-5,8,11,14,17H,6-7,10H2,1-2H3. The van der Waals surface area contributed by atoms with Crippen LogP contribution in [-0.4, -0.2) is 24.4 Å². The Morgan fingerprint density at radius 2 is 2.26 bits per heavy atom. The first-order chi connectivity index (χ1) is 9.07. The van der Waals surface area contributed by atoms with E-state index in [1.165, 1.54) is 0 Å². The third kappa shape index (κ3) is 2.89. The highest BCUT2D eigenvalue weighted by Crippen LogP contribution is 2.41. The summed E-state index contributed by atoms with van der Waals surface area (Å²) in [5.74, 6) is 0.707. The summed E-state index contributed by atoms with van der Waals surface area (Å²) in [5.41, 5.74) is -0.138. The van der Waals surface area contributed by atoms with Crippen molar-refractivity contribution in [3.8, 4) is 11.8 Å². The van der Waals surface area contributed by atoms with Crippen LogP contribution >= 0.6 is 0 Å². The number of nitrogens with zero attached hydrogens (tertiary/aromatic N) is 1. The van der Waals surface area contributed by atoms with Crippen molar-refractivity contribution >= 4 is 0 Å². The monoisotopic (exact) mass is 261 g/mol. The van der Waals surface area contributed by atoms with E-state index in [9.17, 15) is 10.4 Å². The Kier molecular flexibility index (Phi) is 4.08. The van der Waals surface area contributed by atoms with Crippen molar-refractivity contribution in [3.63, 3.8) is 0 Å². The van der Waals surface area contributed by atoms with Crippen LogP contribution in [0.1, 0.15) is 31.9 Å². The zero-order chi connectivity index (χ0) is 13.9. The minimum Gasteiger partial charge on any atom is -0.491 e. The minimum atomic E-state index is -0.851. The molecule has 1 aliphatic rings. The van der Waals surface area contributed by atoms with Crippen molar-refractivity contribution in [1.29, 1.82) is 5.26 Å². The molecule has 1 heterocycles. The smallest absolute Gasteiger partial charge is 0.120 e. The lowest BCUT2D eigenvalue weighted by Crippen LogP contribution is -2.27. The maximum absolute atomic E-state index is 10.5. The van der Waals surface area contributed by atoms with E-state index in [1.807, 2.05) is 32.0 Å². The van der Waals surface area contributed by atoms with Crippen LogP contribution in [0.2, 0.25) is 0 Å². The molecule has 1 aromatic carbocycles. The second-order valence-corrected chi connectivity index (χ2v) is 5.21. The summed E-state index contributed by atoms with van der Waals surface area (Å²) >= 11 is 0. The molecule has 2 atom stereocenters. The summed E-state index contributed by atoms with van der Waals surface area (Å²) in [4.78, 5) is 0. The van der Waals surface area contributed by atoms with Gasteiger partial charge in [0, 0.05) is 6.61 Å². The van der Waals surface area contributed by atoms with Crippen molar-refractivity contribution in [2.75, 3.05) is 13.2 Å². The van der Waals surface area contributed by atoms with Crippen molar-refractivity contribution in [3.05, 3.63) is 29.8 Å².